The van der Waals surface area contributed by atoms with Crippen molar-refractivity contribution in [1.29, 1.82) is 0 Å². The molecule has 1 saturated heterocycles. The van der Waals surface area contributed by atoms with E-state index in [-0.39, 0.29) is 17.3 Å². The molecule has 0 bridgehead atoms. The van der Waals surface area contributed by atoms with E-state index in [1.165, 1.54) is 6.07 Å². The fourth-order valence-corrected chi connectivity index (χ4v) is 2.09. The number of hydrogen-bond acceptors (Lipinski definition) is 6. The van der Waals surface area contributed by atoms with E-state index in [2.05, 4.69) is 5.32 Å². The molecular formula is C11H11N3O5. The van der Waals surface area contributed by atoms with Crippen LogP contribution in [0.3, 0.4) is 0 Å². The number of ketones is 1. The molecule has 1 fully saturated rings. The van der Waals surface area contributed by atoms with Crippen molar-refractivity contribution in [3.8, 4) is 0 Å². The lowest BCUT2D eigenvalue weighted by molar-refractivity contribution is -0.422. The topological polar surface area (TPSA) is 115 Å². The lowest BCUT2D eigenvalue weighted by atomic mass is 9.96. The summed E-state index contributed by atoms with van der Waals surface area (Å²) in [5.41, 5.74) is -1.11. The number of carbonyl (C=O) groups excluding carboxylic acids is 1. The van der Waals surface area contributed by atoms with Gasteiger partial charge in [-0.15, -0.1) is 0 Å². The zero-order valence-electron chi connectivity index (χ0n) is 9.87. The number of rotatable bonds is 4. The number of nitro benzene ring substituents is 2. The first-order valence-corrected chi connectivity index (χ1v) is 5.68. The van der Waals surface area contributed by atoms with Gasteiger partial charge in [0.1, 0.15) is 0 Å². The Morgan fingerprint density at radius 3 is 2.42 bits per heavy atom. The van der Waals surface area contributed by atoms with E-state index in [9.17, 15) is 25.0 Å². The first-order valence-electron chi connectivity index (χ1n) is 5.68. The quantitative estimate of drug-likeness (QED) is 0.498. The van der Waals surface area contributed by atoms with Crippen LogP contribution in [-0.2, 0) is 0 Å². The molecule has 1 aliphatic rings. The molecule has 1 atom stereocenters. The van der Waals surface area contributed by atoms with E-state index in [0.717, 1.165) is 18.7 Å². The van der Waals surface area contributed by atoms with Crippen LogP contribution < -0.4 is 5.32 Å². The summed E-state index contributed by atoms with van der Waals surface area (Å²) in [5, 5.41) is 24.5. The number of nitrogens with one attached hydrogen (secondary N) is 1. The van der Waals surface area contributed by atoms with Crippen LogP contribution in [0.1, 0.15) is 16.8 Å². The van der Waals surface area contributed by atoms with Crippen molar-refractivity contribution in [2.75, 3.05) is 13.1 Å². The average molecular weight is 265 g/mol. The third-order valence-corrected chi connectivity index (χ3v) is 3.08. The standard InChI is InChI=1S/C11H11N3O5/c15-11(8-3-4-12-6-8)7-1-2-9(13(16)17)10(5-7)14(18)19/h1-2,5,8,12H,3-4,6H2. The van der Waals surface area contributed by atoms with Gasteiger partial charge in [0, 0.05) is 30.2 Å². The van der Waals surface area contributed by atoms with Gasteiger partial charge in [0.05, 0.1) is 9.85 Å². The molecular weight excluding hydrogens is 254 g/mol. The largest absolute Gasteiger partial charge is 0.346 e. The summed E-state index contributed by atoms with van der Waals surface area (Å²) in [6.45, 7) is 1.26. The lowest BCUT2D eigenvalue weighted by Crippen LogP contribution is -2.18. The summed E-state index contributed by atoms with van der Waals surface area (Å²) < 4.78 is 0. The number of nitro groups is 2. The van der Waals surface area contributed by atoms with Crippen molar-refractivity contribution in [3.63, 3.8) is 0 Å². The summed E-state index contributed by atoms with van der Waals surface area (Å²) >= 11 is 0. The Kier molecular flexibility index (Phi) is 3.52. The number of carbonyl (C=O) groups is 1. The van der Waals surface area contributed by atoms with E-state index in [1.807, 2.05) is 0 Å². The fraction of sp³-hybridized carbons (Fsp3) is 0.364. The summed E-state index contributed by atoms with van der Waals surface area (Å²) in [7, 11) is 0. The number of benzene rings is 1. The molecule has 0 spiro atoms. The first kappa shape index (κ1) is 13.1. The minimum atomic E-state index is -0.845. The maximum atomic E-state index is 12.1. The highest BCUT2D eigenvalue weighted by atomic mass is 16.6. The van der Waals surface area contributed by atoms with Gasteiger partial charge in [-0.2, -0.15) is 0 Å². The molecule has 1 aromatic carbocycles. The summed E-state index contributed by atoms with van der Waals surface area (Å²) in [6, 6.07) is 3.26. The minimum absolute atomic E-state index is 0.144. The molecule has 1 aromatic rings. The Bertz CT molecular complexity index is 551. The summed E-state index contributed by atoms with van der Waals surface area (Å²) in [4.78, 5) is 31.9. The van der Waals surface area contributed by atoms with E-state index in [1.54, 1.807) is 0 Å². The number of nitrogens with zero attached hydrogens (tertiary/aromatic N) is 2. The molecule has 2 rings (SSSR count). The monoisotopic (exact) mass is 265 g/mol. The van der Waals surface area contributed by atoms with Crippen molar-refractivity contribution < 1.29 is 14.6 Å². The van der Waals surface area contributed by atoms with Crippen molar-refractivity contribution >= 4 is 17.2 Å². The number of Topliss-reactive ketones (excluding diaryl/α,β-unsaturated/α-hetero) is 1. The molecule has 0 aromatic heterocycles. The second-order valence-corrected chi connectivity index (χ2v) is 4.27. The molecule has 0 aliphatic carbocycles. The fourth-order valence-electron chi connectivity index (χ4n) is 2.09. The molecule has 0 saturated carbocycles. The highest BCUT2D eigenvalue weighted by Crippen LogP contribution is 2.29. The number of hydrogen-bond donors (Lipinski definition) is 1. The van der Waals surface area contributed by atoms with E-state index in [0.29, 0.717) is 13.0 Å². The van der Waals surface area contributed by atoms with Crippen LogP contribution in [0.2, 0.25) is 0 Å². The van der Waals surface area contributed by atoms with Crippen molar-refractivity contribution in [2.24, 2.45) is 5.92 Å². The van der Waals surface area contributed by atoms with Crippen LogP contribution in [0.4, 0.5) is 11.4 Å². The Balaban J connectivity index is 2.37. The van der Waals surface area contributed by atoms with Gasteiger partial charge in [-0.3, -0.25) is 25.0 Å². The van der Waals surface area contributed by atoms with Crippen LogP contribution >= 0.6 is 0 Å². The highest BCUT2D eigenvalue weighted by Gasteiger charge is 2.29. The second-order valence-electron chi connectivity index (χ2n) is 4.27. The Hall–Kier alpha value is -2.35. The van der Waals surface area contributed by atoms with Gasteiger partial charge in [0.25, 0.3) is 0 Å². The second kappa shape index (κ2) is 5.11. The Labute approximate surface area is 107 Å². The maximum absolute atomic E-state index is 12.1. The first-order chi connectivity index (χ1) is 9.00. The van der Waals surface area contributed by atoms with Gasteiger partial charge in [-0.25, -0.2) is 0 Å². The molecule has 100 valence electrons. The van der Waals surface area contributed by atoms with E-state index >= 15 is 0 Å². The third kappa shape index (κ3) is 2.58. The Morgan fingerprint density at radius 2 is 1.89 bits per heavy atom. The molecule has 19 heavy (non-hydrogen) atoms. The van der Waals surface area contributed by atoms with Crippen LogP contribution in [0.15, 0.2) is 18.2 Å². The van der Waals surface area contributed by atoms with Gasteiger partial charge < -0.3 is 5.32 Å². The molecule has 8 nitrogen and oxygen atoms in total. The normalized spacial score (nSPS) is 18.2. The Morgan fingerprint density at radius 1 is 1.21 bits per heavy atom. The smallest absolute Gasteiger partial charge is 0.316 e. The molecule has 1 aliphatic heterocycles. The van der Waals surface area contributed by atoms with Crippen LogP contribution in [0.5, 0.6) is 0 Å². The summed E-state index contributed by atoms with van der Waals surface area (Å²) in [6.07, 6.45) is 0.670. The predicted octanol–water partition coefficient (Wildman–Crippen LogP) is 1.30. The minimum Gasteiger partial charge on any atom is -0.316 e. The van der Waals surface area contributed by atoms with Crippen LogP contribution in [-0.4, -0.2) is 28.7 Å². The van der Waals surface area contributed by atoms with E-state index in [4.69, 9.17) is 0 Å². The zero-order chi connectivity index (χ0) is 14.0. The van der Waals surface area contributed by atoms with Crippen LogP contribution in [0.25, 0.3) is 0 Å². The lowest BCUT2D eigenvalue weighted by Gasteiger charge is -2.06. The van der Waals surface area contributed by atoms with Crippen molar-refractivity contribution in [2.45, 2.75) is 6.42 Å². The highest BCUT2D eigenvalue weighted by molar-refractivity contribution is 5.99. The van der Waals surface area contributed by atoms with Gasteiger partial charge in [-0.1, -0.05) is 0 Å². The summed E-state index contributed by atoms with van der Waals surface area (Å²) in [5.74, 6) is -0.441. The van der Waals surface area contributed by atoms with Crippen molar-refractivity contribution in [1.82, 2.24) is 5.32 Å². The predicted molar refractivity (Wildman–Crippen MR) is 65.1 cm³/mol. The zero-order valence-corrected chi connectivity index (χ0v) is 9.87. The molecule has 0 radical (unpaired) electrons. The molecule has 1 unspecified atom stereocenters. The average Bonchev–Trinajstić information content (AvgIpc) is 2.90. The molecule has 1 N–H and O–H groups in total. The molecule has 8 heteroatoms. The molecule has 1 heterocycles. The van der Waals surface area contributed by atoms with Crippen molar-refractivity contribution in [3.05, 3.63) is 44.0 Å². The van der Waals surface area contributed by atoms with Gasteiger partial charge in [0.15, 0.2) is 5.78 Å². The SMILES string of the molecule is O=C(c1ccc([N+](=O)[O-])c([N+](=O)[O-])c1)C1CCNC1. The third-order valence-electron chi connectivity index (χ3n) is 3.08. The van der Waals surface area contributed by atoms with Crippen LogP contribution in [0, 0.1) is 26.1 Å². The van der Waals surface area contributed by atoms with Gasteiger partial charge in [0.2, 0.25) is 0 Å². The van der Waals surface area contributed by atoms with Gasteiger partial charge in [-0.05, 0) is 19.0 Å². The maximum Gasteiger partial charge on any atom is 0.346 e. The van der Waals surface area contributed by atoms with Gasteiger partial charge >= 0.3 is 11.4 Å². The van der Waals surface area contributed by atoms with E-state index < -0.39 is 21.2 Å². The molecule has 0 amide bonds.